The first-order chi connectivity index (χ1) is 9.25. The molecule has 0 aromatic heterocycles. The summed E-state index contributed by atoms with van der Waals surface area (Å²) in [5, 5.41) is 0. The van der Waals surface area contributed by atoms with E-state index in [0.717, 1.165) is 0 Å². The van der Waals surface area contributed by atoms with Crippen LogP contribution in [0.1, 0.15) is 54.4 Å². The Balaban J connectivity index is 0.00000220. The summed E-state index contributed by atoms with van der Waals surface area (Å²) < 4.78 is 6.62. The fourth-order valence-corrected chi connectivity index (χ4v) is 24.8. The van der Waals surface area contributed by atoms with E-state index in [0.29, 0.717) is 0 Å². The monoisotopic (exact) mass is 436 g/mol. The smallest absolute Gasteiger partial charge is 0.147 e. The van der Waals surface area contributed by atoms with Crippen LogP contribution in [0.3, 0.4) is 0 Å². The number of hydrogen-bond donors (Lipinski definition) is 0. The predicted octanol–water partition coefficient (Wildman–Crippen LogP) is 6.19. The minimum absolute atomic E-state index is 0. The van der Waals surface area contributed by atoms with Gasteiger partial charge in [0, 0.05) is 0 Å². The Morgan fingerprint density at radius 3 is 1.32 bits per heavy atom. The largest absolute Gasteiger partial charge is 0.147 e. The van der Waals surface area contributed by atoms with Crippen molar-refractivity contribution in [1.82, 2.24) is 0 Å². The van der Waals surface area contributed by atoms with Crippen molar-refractivity contribution in [3.05, 3.63) is 41.0 Å². The molecule has 0 aliphatic heterocycles. The Morgan fingerprint density at radius 2 is 1.14 bits per heavy atom. The van der Waals surface area contributed by atoms with Gasteiger partial charge in [0.25, 0.3) is 0 Å². The van der Waals surface area contributed by atoms with Crippen molar-refractivity contribution in [2.24, 2.45) is 0 Å². The molecule has 0 bridgehead atoms. The molecule has 0 atom stereocenters. The van der Waals surface area contributed by atoms with E-state index in [-0.39, 0.29) is 24.8 Å². The van der Waals surface area contributed by atoms with Crippen molar-refractivity contribution in [3.8, 4) is 0 Å². The summed E-state index contributed by atoms with van der Waals surface area (Å²) in [6.45, 7) is 16.8. The molecule has 0 saturated heterocycles. The maximum Gasteiger partial charge on any atom is -0.147 e. The van der Waals surface area contributed by atoms with Crippen LogP contribution in [0, 0.1) is 0 Å². The van der Waals surface area contributed by atoms with E-state index in [1.165, 1.54) is 21.1 Å². The minimum Gasteiger partial charge on any atom is -0.147 e. The summed E-state index contributed by atoms with van der Waals surface area (Å²) in [5.41, 5.74) is 6.37. The number of hydrogen-bond acceptors (Lipinski definition) is 0. The van der Waals surface area contributed by atoms with E-state index in [4.69, 9.17) is 0 Å². The molecule has 0 spiro atoms. The molecule has 4 heteroatoms. The summed E-state index contributed by atoms with van der Waals surface area (Å²) in [7, 11) is 0. The van der Waals surface area contributed by atoms with Crippen LogP contribution in [0.2, 0.25) is 8.26 Å². The average molecular weight is 439 g/mol. The Labute approximate surface area is 151 Å². The normalized spacial score (nSPS) is 18.9. The summed E-state index contributed by atoms with van der Waals surface area (Å²) >= 11 is -2.97. The predicted molar refractivity (Wildman–Crippen MR) is 106 cm³/mol. The molecule has 0 radical (unpaired) electrons. The fraction of sp³-hybridized carbons (Fsp3) is 0.556. The van der Waals surface area contributed by atoms with E-state index in [1.54, 1.807) is 22.3 Å². The molecule has 2 aliphatic rings. The second-order valence-electron chi connectivity index (χ2n) is 7.30. The molecule has 2 rings (SSSR count). The summed E-state index contributed by atoms with van der Waals surface area (Å²) in [6, 6.07) is 0. The van der Waals surface area contributed by atoms with Crippen molar-refractivity contribution in [1.29, 1.82) is 0 Å². The van der Waals surface area contributed by atoms with Crippen molar-refractivity contribution in [2.45, 2.75) is 62.6 Å². The van der Waals surface area contributed by atoms with E-state index in [9.17, 15) is 0 Å². The second kappa shape index (κ2) is 7.68. The molecular formula is C18H32Cl2SiZr. The van der Waals surface area contributed by atoms with Crippen LogP contribution in [0.4, 0.5) is 0 Å². The molecule has 22 heavy (non-hydrogen) atoms. The van der Waals surface area contributed by atoms with Gasteiger partial charge in [-0.1, -0.05) is 0 Å². The Morgan fingerprint density at radius 1 is 0.818 bits per heavy atom. The maximum atomic E-state index is 2.48. The Bertz CT molecular complexity index is 592. The van der Waals surface area contributed by atoms with Gasteiger partial charge in [0.15, 0.2) is 0 Å². The molecule has 2 aliphatic carbocycles. The topological polar surface area (TPSA) is 0 Å². The summed E-state index contributed by atoms with van der Waals surface area (Å²) in [5.74, 6) is 0. The van der Waals surface area contributed by atoms with Gasteiger partial charge in [0.1, 0.15) is 0 Å². The van der Waals surface area contributed by atoms with E-state index >= 15 is 0 Å². The van der Waals surface area contributed by atoms with Gasteiger partial charge >= 0.3 is 128 Å². The molecule has 126 valence electrons. The zero-order chi connectivity index (χ0) is 15.2. The van der Waals surface area contributed by atoms with Crippen LogP contribution in [0.25, 0.3) is 0 Å². The molecular weight excluding hydrogens is 406 g/mol. The van der Waals surface area contributed by atoms with Gasteiger partial charge in [-0.25, -0.2) is 0 Å². The quantitative estimate of drug-likeness (QED) is 0.459. The SMILES string of the molecule is C[CH2][Zr](=[SiH2])([CH2]C)([C]1=C(C)C=C(C)C1)[C]1=C(C)C=C(C)C1.Cl.Cl. The van der Waals surface area contributed by atoms with Gasteiger partial charge in [-0.2, -0.15) is 0 Å². The average Bonchev–Trinajstić information content (AvgIpc) is 2.92. The Kier molecular flexibility index (Phi) is 7.91. The van der Waals surface area contributed by atoms with Crippen molar-refractivity contribution in [3.63, 3.8) is 0 Å². The molecule has 0 fully saturated rings. The van der Waals surface area contributed by atoms with E-state index in [1.807, 2.05) is 6.56 Å². The molecule has 0 saturated carbocycles. The van der Waals surface area contributed by atoms with Crippen LogP contribution in [-0.4, -0.2) is 6.88 Å². The zero-order valence-corrected chi connectivity index (χ0v) is 20.5. The van der Waals surface area contributed by atoms with Crippen molar-refractivity contribution < 1.29 is 17.4 Å². The first-order valence-corrected chi connectivity index (χ1v) is 19.9. The third kappa shape index (κ3) is 3.37. The maximum absolute atomic E-state index is 2.97. The van der Waals surface area contributed by atoms with Crippen molar-refractivity contribution in [2.75, 3.05) is 0 Å². The van der Waals surface area contributed by atoms with E-state index < -0.39 is 17.4 Å². The van der Waals surface area contributed by atoms with Crippen LogP contribution in [-0.2, 0) is 17.4 Å². The standard InChI is InChI=1S/2C7H9.2C2H5.2ClH.H2Si.Zr/c2*1-6-3-4-7(2)5-6;2*1-2;;;;/h2*5H,3H2,1-2H3;2*1H2,2H3;2*1H;1H2;. The first kappa shape index (κ1) is 22.6. The van der Waals surface area contributed by atoms with Crippen molar-refractivity contribution >= 4 is 31.7 Å². The van der Waals surface area contributed by atoms with Crippen LogP contribution < -0.4 is 0 Å². The summed E-state index contributed by atoms with van der Waals surface area (Å²) in [6.07, 6.45) is 7.43. The van der Waals surface area contributed by atoms with Gasteiger partial charge in [0.05, 0.1) is 0 Å². The molecule has 0 unspecified atom stereocenters. The number of halogens is 2. The van der Waals surface area contributed by atoms with Gasteiger partial charge in [0.2, 0.25) is 0 Å². The van der Waals surface area contributed by atoms with Gasteiger partial charge in [-0.15, -0.1) is 24.8 Å². The second-order valence-corrected chi connectivity index (χ2v) is 33.4. The fourth-order valence-electron chi connectivity index (χ4n) is 4.63. The molecule has 0 aromatic rings. The van der Waals surface area contributed by atoms with Gasteiger partial charge < -0.3 is 0 Å². The summed E-state index contributed by atoms with van der Waals surface area (Å²) in [4.78, 5) is 0. The molecule has 0 heterocycles. The van der Waals surface area contributed by atoms with Crippen LogP contribution >= 0.6 is 24.8 Å². The molecule has 0 nitrogen and oxygen atoms in total. The van der Waals surface area contributed by atoms with Gasteiger partial charge in [-0.05, 0) is 0 Å². The minimum atomic E-state index is -2.97. The third-order valence-electron chi connectivity index (χ3n) is 6.08. The molecule has 0 aromatic carbocycles. The molecule has 0 amide bonds. The number of rotatable bonds is 4. The number of allylic oxidation sites excluding steroid dienone is 8. The molecule has 0 N–H and O–H groups in total. The third-order valence-corrected chi connectivity index (χ3v) is 36.0. The first-order valence-electron chi connectivity index (χ1n) is 8.04. The van der Waals surface area contributed by atoms with Gasteiger partial charge in [-0.3, -0.25) is 0 Å². The zero-order valence-electron chi connectivity index (χ0n) is 15.0. The van der Waals surface area contributed by atoms with Crippen LogP contribution in [0.15, 0.2) is 41.0 Å². The van der Waals surface area contributed by atoms with E-state index in [2.05, 4.69) is 60.6 Å². The Hall–Kier alpha value is 0.640. The van der Waals surface area contributed by atoms with Crippen LogP contribution in [0.5, 0.6) is 0 Å².